The van der Waals surface area contributed by atoms with Gasteiger partial charge in [0, 0.05) is 23.1 Å². The smallest absolute Gasteiger partial charge is 0.311 e. The summed E-state index contributed by atoms with van der Waals surface area (Å²) in [5, 5.41) is 9.52. The topological polar surface area (TPSA) is 57.6 Å². The van der Waals surface area contributed by atoms with Crippen LogP contribution in [0.15, 0.2) is 22.7 Å². The molecule has 1 fully saturated rings. The first-order chi connectivity index (χ1) is 9.91. The Hall–Kier alpha value is -1.36. The fraction of sp³-hybridized carbons (Fsp3) is 0.500. The van der Waals surface area contributed by atoms with Crippen molar-refractivity contribution in [2.75, 3.05) is 13.1 Å². The van der Waals surface area contributed by atoms with Gasteiger partial charge in [-0.05, 0) is 37.5 Å². The molecule has 4 nitrogen and oxygen atoms in total. The highest BCUT2D eigenvalue weighted by Gasteiger charge is 2.45. The van der Waals surface area contributed by atoms with E-state index in [9.17, 15) is 14.7 Å². The van der Waals surface area contributed by atoms with Gasteiger partial charge in [0.1, 0.15) is 0 Å². The minimum Gasteiger partial charge on any atom is -0.481 e. The lowest BCUT2D eigenvalue weighted by Gasteiger charge is -2.24. The minimum absolute atomic E-state index is 0.0759. The van der Waals surface area contributed by atoms with E-state index < -0.39 is 11.4 Å². The molecule has 0 radical (unpaired) electrons. The van der Waals surface area contributed by atoms with Crippen LogP contribution in [-0.4, -0.2) is 35.0 Å². The Labute approximate surface area is 133 Å². The average Bonchev–Trinajstić information content (AvgIpc) is 2.87. The molecule has 1 aromatic rings. The summed E-state index contributed by atoms with van der Waals surface area (Å²) < 4.78 is 0.894. The lowest BCUT2D eigenvalue weighted by molar-refractivity contribution is -0.148. The second-order valence-electron chi connectivity index (χ2n) is 5.72. The van der Waals surface area contributed by atoms with Crippen LogP contribution in [0.2, 0.25) is 0 Å². The van der Waals surface area contributed by atoms with Crippen LogP contribution in [0.25, 0.3) is 0 Å². The molecule has 1 aliphatic heterocycles. The molecule has 2 rings (SSSR count). The number of likely N-dealkylation sites (tertiary alicyclic amines) is 1. The fourth-order valence-electron chi connectivity index (χ4n) is 3.02. The van der Waals surface area contributed by atoms with Gasteiger partial charge in [-0.3, -0.25) is 9.59 Å². The van der Waals surface area contributed by atoms with Crippen molar-refractivity contribution in [1.29, 1.82) is 0 Å². The molecule has 21 heavy (non-hydrogen) atoms. The maximum atomic E-state index is 12.6. The second-order valence-corrected chi connectivity index (χ2v) is 6.58. The van der Waals surface area contributed by atoms with Gasteiger partial charge in [0.25, 0.3) is 5.91 Å². The molecule has 1 aromatic carbocycles. The number of nitrogens with zero attached hydrogens (tertiary/aromatic N) is 1. The van der Waals surface area contributed by atoms with Gasteiger partial charge in [0.2, 0.25) is 0 Å². The molecule has 1 N–H and O–H groups in total. The maximum absolute atomic E-state index is 12.6. The molecule has 1 aliphatic rings. The van der Waals surface area contributed by atoms with Gasteiger partial charge in [0.15, 0.2) is 0 Å². The van der Waals surface area contributed by atoms with Gasteiger partial charge < -0.3 is 10.0 Å². The number of carbonyl (C=O) groups is 2. The Morgan fingerprint density at radius 1 is 1.43 bits per heavy atom. The minimum atomic E-state index is -0.786. The lowest BCUT2D eigenvalue weighted by atomic mass is 9.83. The standard InChI is InChI=1S/C16H20BrNO3/c1-3-7-16(15(20)21)8-9-18(10-16)14(19)12-5-4-6-13(17)11(12)2/h4-6H,3,7-10H2,1-2H3,(H,20,21). The molecule has 1 heterocycles. The largest absolute Gasteiger partial charge is 0.481 e. The number of carboxylic acid groups (broad SMARTS) is 1. The molecule has 0 aliphatic carbocycles. The molecular weight excluding hydrogens is 334 g/mol. The highest BCUT2D eigenvalue weighted by Crippen LogP contribution is 2.36. The summed E-state index contributed by atoms with van der Waals surface area (Å²) in [7, 11) is 0. The zero-order chi connectivity index (χ0) is 15.6. The first-order valence-electron chi connectivity index (χ1n) is 7.19. The van der Waals surface area contributed by atoms with E-state index in [0.717, 1.165) is 16.5 Å². The van der Waals surface area contributed by atoms with Gasteiger partial charge in [-0.25, -0.2) is 0 Å². The Bertz CT molecular complexity index is 573. The number of rotatable bonds is 4. The van der Waals surface area contributed by atoms with Crippen molar-refractivity contribution < 1.29 is 14.7 Å². The highest BCUT2D eigenvalue weighted by atomic mass is 79.9. The predicted molar refractivity (Wildman–Crippen MR) is 84.4 cm³/mol. The number of benzene rings is 1. The predicted octanol–water partition coefficient (Wildman–Crippen LogP) is 3.47. The number of hydrogen-bond donors (Lipinski definition) is 1. The SMILES string of the molecule is CCCC1(C(=O)O)CCN(C(=O)c2cccc(Br)c2C)C1. The zero-order valence-electron chi connectivity index (χ0n) is 12.4. The quantitative estimate of drug-likeness (QED) is 0.901. The molecule has 5 heteroatoms. The number of amides is 1. The van der Waals surface area contributed by atoms with E-state index in [0.29, 0.717) is 31.5 Å². The molecule has 1 saturated heterocycles. The van der Waals surface area contributed by atoms with E-state index in [4.69, 9.17) is 0 Å². The Kier molecular flexibility index (Phi) is 4.71. The normalized spacial score (nSPS) is 21.6. The van der Waals surface area contributed by atoms with Crippen molar-refractivity contribution in [2.45, 2.75) is 33.1 Å². The van der Waals surface area contributed by atoms with Crippen molar-refractivity contribution in [2.24, 2.45) is 5.41 Å². The maximum Gasteiger partial charge on any atom is 0.311 e. The molecule has 0 spiro atoms. The van der Waals surface area contributed by atoms with Crippen LogP contribution in [0.1, 0.15) is 42.1 Å². The Morgan fingerprint density at radius 3 is 2.76 bits per heavy atom. The van der Waals surface area contributed by atoms with E-state index in [1.165, 1.54) is 0 Å². The zero-order valence-corrected chi connectivity index (χ0v) is 13.9. The van der Waals surface area contributed by atoms with Crippen LogP contribution in [0.5, 0.6) is 0 Å². The summed E-state index contributed by atoms with van der Waals surface area (Å²) in [6.07, 6.45) is 1.96. The van der Waals surface area contributed by atoms with E-state index in [-0.39, 0.29) is 5.91 Å². The van der Waals surface area contributed by atoms with Crippen LogP contribution >= 0.6 is 15.9 Å². The van der Waals surface area contributed by atoms with Crippen LogP contribution < -0.4 is 0 Å². The molecule has 114 valence electrons. The summed E-state index contributed by atoms with van der Waals surface area (Å²) in [6.45, 7) is 4.69. The third-order valence-corrected chi connectivity index (χ3v) is 5.18. The first-order valence-corrected chi connectivity index (χ1v) is 7.98. The third kappa shape index (κ3) is 2.98. The molecule has 0 saturated carbocycles. The van der Waals surface area contributed by atoms with Gasteiger partial charge >= 0.3 is 5.97 Å². The van der Waals surface area contributed by atoms with Crippen LogP contribution in [0.4, 0.5) is 0 Å². The molecule has 1 atom stereocenters. The van der Waals surface area contributed by atoms with Gasteiger partial charge in [-0.1, -0.05) is 35.3 Å². The molecule has 0 aromatic heterocycles. The van der Waals surface area contributed by atoms with Crippen LogP contribution in [0, 0.1) is 12.3 Å². The van der Waals surface area contributed by atoms with Crippen molar-refractivity contribution in [3.8, 4) is 0 Å². The molecule has 1 amide bonds. The van der Waals surface area contributed by atoms with E-state index >= 15 is 0 Å². The molecule has 0 bridgehead atoms. The Morgan fingerprint density at radius 2 is 2.14 bits per heavy atom. The van der Waals surface area contributed by atoms with Crippen LogP contribution in [-0.2, 0) is 4.79 Å². The van der Waals surface area contributed by atoms with Crippen molar-refractivity contribution in [1.82, 2.24) is 4.90 Å². The second kappa shape index (κ2) is 6.18. The van der Waals surface area contributed by atoms with Crippen molar-refractivity contribution >= 4 is 27.8 Å². The van der Waals surface area contributed by atoms with Crippen molar-refractivity contribution in [3.05, 3.63) is 33.8 Å². The monoisotopic (exact) mass is 353 g/mol. The van der Waals surface area contributed by atoms with Gasteiger partial charge in [0.05, 0.1) is 5.41 Å². The average molecular weight is 354 g/mol. The third-order valence-electron chi connectivity index (χ3n) is 4.32. The number of carbonyl (C=O) groups excluding carboxylic acids is 1. The first kappa shape index (κ1) is 16.0. The number of aliphatic carboxylic acids is 1. The summed E-state index contributed by atoms with van der Waals surface area (Å²) in [5.74, 6) is -0.862. The summed E-state index contributed by atoms with van der Waals surface area (Å²) >= 11 is 3.43. The van der Waals surface area contributed by atoms with E-state index in [1.54, 1.807) is 11.0 Å². The van der Waals surface area contributed by atoms with E-state index in [1.807, 2.05) is 26.0 Å². The fourth-order valence-corrected chi connectivity index (χ4v) is 3.39. The lowest BCUT2D eigenvalue weighted by Crippen LogP contribution is -2.37. The number of hydrogen-bond acceptors (Lipinski definition) is 2. The summed E-state index contributed by atoms with van der Waals surface area (Å²) in [4.78, 5) is 25.9. The van der Waals surface area contributed by atoms with Crippen molar-refractivity contribution in [3.63, 3.8) is 0 Å². The summed E-state index contributed by atoms with van der Waals surface area (Å²) in [6, 6.07) is 5.52. The van der Waals surface area contributed by atoms with E-state index in [2.05, 4.69) is 15.9 Å². The van der Waals surface area contributed by atoms with Gasteiger partial charge in [-0.2, -0.15) is 0 Å². The van der Waals surface area contributed by atoms with Gasteiger partial charge in [-0.15, -0.1) is 0 Å². The number of carboxylic acids is 1. The summed E-state index contributed by atoms with van der Waals surface area (Å²) in [5.41, 5.74) is 0.762. The molecular formula is C16H20BrNO3. The Balaban J connectivity index is 2.23. The number of halogens is 1. The molecule has 1 unspecified atom stereocenters. The van der Waals surface area contributed by atoms with Crippen LogP contribution in [0.3, 0.4) is 0 Å². The highest BCUT2D eigenvalue weighted by molar-refractivity contribution is 9.10.